The molecule has 1 saturated heterocycles. The minimum absolute atomic E-state index is 0.161. The molecule has 6 aromatic rings. The number of carbonyl (C=O) groups is 4. The number of nitrogens with one attached hydrogen (secondary N) is 2. The maximum Gasteiger partial charge on any atom is 0.276 e. The van der Waals surface area contributed by atoms with E-state index in [-0.39, 0.29) is 42.2 Å². The van der Waals surface area contributed by atoms with Crippen LogP contribution in [0.4, 0.5) is 11.9 Å². The summed E-state index contributed by atoms with van der Waals surface area (Å²) >= 11 is 1.31. The smallest absolute Gasteiger partial charge is 0.276 e. The zero-order chi connectivity index (χ0) is 44.1. The normalized spacial score (nSPS) is 13.3. The van der Waals surface area contributed by atoms with Gasteiger partial charge in [-0.15, -0.1) is 11.3 Å². The molecule has 1 aliphatic heterocycles. The van der Waals surface area contributed by atoms with Crippen LogP contribution in [0, 0.1) is 13.8 Å². The average Bonchev–Trinajstić information content (AvgIpc) is 4.03. The molecule has 7 rings (SSSR count). The van der Waals surface area contributed by atoms with E-state index in [1.165, 1.54) is 25.4 Å². The summed E-state index contributed by atoms with van der Waals surface area (Å²) in [6, 6.07) is 8.22. The van der Waals surface area contributed by atoms with Crippen LogP contribution in [-0.2, 0) is 30.8 Å². The fourth-order valence-electron chi connectivity index (χ4n) is 7.45. The molecule has 0 bridgehead atoms. The molecule has 19 heteroatoms. The predicted molar refractivity (Wildman–Crippen MR) is 236 cm³/mol. The molecule has 1 fully saturated rings. The highest BCUT2D eigenvalue weighted by molar-refractivity contribution is 7.13. The van der Waals surface area contributed by atoms with Gasteiger partial charge in [-0.25, -0.2) is 15.0 Å². The van der Waals surface area contributed by atoms with Crippen LogP contribution in [0.1, 0.15) is 84.5 Å². The van der Waals surface area contributed by atoms with E-state index in [0.29, 0.717) is 93.9 Å². The maximum atomic E-state index is 13.8. The lowest BCUT2D eigenvalue weighted by Crippen LogP contribution is -2.37. The predicted octanol–water partition coefficient (Wildman–Crippen LogP) is 5.41. The Morgan fingerprint density at radius 3 is 2.11 bits per heavy atom. The van der Waals surface area contributed by atoms with Crippen molar-refractivity contribution in [1.29, 1.82) is 0 Å². The molecular weight excluding hydrogens is 815 g/mol. The first kappa shape index (κ1) is 43.6. The highest BCUT2D eigenvalue weighted by Crippen LogP contribution is 2.33. The van der Waals surface area contributed by atoms with Crippen LogP contribution >= 0.6 is 11.3 Å². The zero-order valence-electron chi connectivity index (χ0n) is 35.7. The first-order chi connectivity index (χ1) is 29.9. The number of nitrogens with two attached hydrogens (primary N) is 1. The van der Waals surface area contributed by atoms with Gasteiger partial charge in [0.2, 0.25) is 17.8 Å². The maximum absolute atomic E-state index is 13.8. The molecular formula is C43H51N11O7S. The van der Waals surface area contributed by atoms with Gasteiger partial charge >= 0.3 is 0 Å². The lowest BCUT2D eigenvalue weighted by molar-refractivity contribution is 0.0358. The van der Waals surface area contributed by atoms with E-state index in [1.807, 2.05) is 39.8 Å². The number of carbonyl (C=O) groups excluding carboxylic acids is 4. The Hall–Kier alpha value is -6.44. The van der Waals surface area contributed by atoms with Crippen molar-refractivity contribution in [2.24, 2.45) is 5.73 Å². The molecule has 0 spiro atoms. The molecule has 18 nitrogen and oxygen atoms in total. The van der Waals surface area contributed by atoms with Gasteiger partial charge in [-0.2, -0.15) is 5.10 Å². The fourth-order valence-corrected chi connectivity index (χ4v) is 8.36. The second kappa shape index (κ2) is 19.1. The fraction of sp³-hybridized carbons (Fsp3) is 0.395. The van der Waals surface area contributed by atoms with E-state index >= 15 is 0 Å². The number of allylic oxidation sites excluding steroid dienone is 2. The summed E-state index contributed by atoms with van der Waals surface area (Å²) in [7, 11) is 1.51. The van der Waals surface area contributed by atoms with Crippen molar-refractivity contribution < 1.29 is 33.4 Å². The number of fused-ring (bicyclic) bond motifs is 2. The summed E-state index contributed by atoms with van der Waals surface area (Å²) < 4.78 is 22.9. The average molecular weight is 866 g/mol. The number of nitrogens with zero attached hydrogens (tertiary/aromatic N) is 8. The van der Waals surface area contributed by atoms with Gasteiger partial charge in [0.05, 0.1) is 54.4 Å². The quantitative estimate of drug-likeness (QED) is 0.0562. The topological polar surface area (TPSA) is 216 Å². The summed E-state index contributed by atoms with van der Waals surface area (Å²) in [5, 5.41) is 11.2. The van der Waals surface area contributed by atoms with E-state index in [0.717, 1.165) is 31.1 Å². The second-order valence-corrected chi connectivity index (χ2v) is 16.0. The van der Waals surface area contributed by atoms with Gasteiger partial charge in [-0.1, -0.05) is 19.1 Å². The number of anilines is 2. The SMILES string of the molecule is CCc1nc(C)sc1C(=O)Nc1nc2cc(C(C)=O)cc(OC)c2n1C/C=C/Cn1c(NC(=O)c2cc(C)nn2CC)nc2cc(C(N)=O)cc(OCCCN3CCOCC3)c21. The number of ketones is 1. The van der Waals surface area contributed by atoms with Crippen molar-refractivity contribution in [3.8, 4) is 11.5 Å². The van der Waals surface area contributed by atoms with Crippen LogP contribution in [0.3, 0.4) is 0 Å². The molecule has 4 N–H and O–H groups in total. The monoisotopic (exact) mass is 865 g/mol. The van der Waals surface area contributed by atoms with Crippen molar-refractivity contribution in [3.63, 3.8) is 0 Å². The number of methoxy groups -OCH3 is 1. The van der Waals surface area contributed by atoms with E-state index in [1.54, 1.807) is 44.1 Å². The van der Waals surface area contributed by atoms with Crippen molar-refractivity contribution in [2.45, 2.75) is 67.1 Å². The number of ether oxygens (including phenoxy) is 3. The van der Waals surface area contributed by atoms with Crippen molar-refractivity contribution in [3.05, 3.63) is 80.6 Å². The second-order valence-electron chi connectivity index (χ2n) is 14.8. The minimum atomic E-state index is -0.648. The van der Waals surface area contributed by atoms with Gasteiger partial charge < -0.3 is 29.1 Å². The van der Waals surface area contributed by atoms with Crippen LogP contribution in [0.25, 0.3) is 22.1 Å². The summed E-state index contributed by atoms with van der Waals surface area (Å²) in [5.41, 5.74) is 10.1. The van der Waals surface area contributed by atoms with Crippen LogP contribution in [0.5, 0.6) is 11.5 Å². The third-order valence-electron chi connectivity index (χ3n) is 10.5. The number of hydrogen-bond donors (Lipinski definition) is 3. The van der Waals surface area contributed by atoms with E-state index in [4.69, 9.17) is 29.9 Å². The number of primary amides is 1. The van der Waals surface area contributed by atoms with E-state index < -0.39 is 11.8 Å². The van der Waals surface area contributed by atoms with Crippen molar-refractivity contribution in [1.82, 2.24) is 38.8 Å². The van der Waals surface area contributed by atoms with Crippen LogP contribution < -0.4 is 25.8 Å². The summed E-state index contributed by atoms with van der Waals surface area (Å²) in [5.74, 6) is -0.326. The third-order valence-corrected chi connectivity index (χ3v) is 11.5. The molecule has 0 saturated carbocycles. The van der Waals surface area contributed by atoms with E-state index in [2.05, 4.69) is 25.6 Å². The number of benzene rings is 2. The van der Waals surface area contributed by atoms with Crippen LogP contribution in [0.2, 0.25) is 0 Å². The van der Waals surface area contributed by atoms with Gasteiger partial charge in [0.25, 0.3) is 11.8 Å². The molecule has 326 valence electrons. The number of aryl methyl sites for hydroxylation is 4. The van der Waals surface area contributed by atoms with Crippen molar-refractivity contribution in [2.75, 3.05) is 57.2 Å². The lowest BCUT2D eigenvalue weighted by atomic mass is 10.1. The minimum Gasteiger partial charge on any atom is -0.494 e. The van der Waals surface area contributed by atoms with Crippen LogP contribution in [0.15, 0.2) is 42.5 Å². The molecule has 0 radical (unpaired) electrons. The molecule has 0 unspecified atom stereocenters. The highest BCUT2D eigenvalue weighted by atomic mass is 32.1. The van der Waals surface area contributed by atoms with Gasteiger partial charge in [-0.3, -0.25) is 39.4 Å². The molecule has 1 aliphatic rings. The van der Waals surface area contributed by atoms with Gasteiger partial charge in [0.15, 0.2) is 5.78 Å². The summed E-state index contributed by atoms with van der Waals surface area (Å²) in [4.78, 5) is 69.5. The first-order valence-corrected chi connectivity index (χ1v) is 21.3. The molecule has 3 amide bonds. The highest BCUT2D eigenvalue weighted by Gasteiger charge is 2.24. The molecule has 5 heterocycles. The number of amides is 3. The molecule has 2 aromatic carbocycles. The molecule has 4 aromatic heterocycles. The number of Topliss-reactive ketones (excluding diaryl/α,β-unsaturated/α-hetero) is 1. The number of morpholine rings is 1. The Labute approximate surface area is 362 Å². The largest absolute Gasteiger partial charge is 0.494 e. The van der Waals surface area contributed by atoms with Gasteiger partial charge in [-0.05, 0) is 70.9 Å². The molecule has 0 aliphatic carbocycles. The zero-order valence-corrected chi connectivity index (χ0v) is 36.6. The lowest BCUT2D eigenvalue weighted by Gasteiger charge is -2.26. The standard InChI is InChI=1S/C43H51N11O7S/c1-7-30-38(62-27(5)45-30)41(58)49-43-46-31-21-28(26(4)55)23-34(59-6)36(31)52(43)13-9-10-14-53-37-32(47-42(53)48-40(57)33-20-25(3)50-54(33)8-2)22-29(39(44)56)24-35(37)61-17-11-12-51-15-18-60-19-16-51/h9-10,20-24H,7-8,11-19H2,1-6H3,(H2,44,56)(H,46,49,58)(H,47,48,57)/b10-9+. The number of imidazole rings is 2. The number of hydrogen-bond acceptors (Lipinski definition) is 13. The Bertz CT molecular complexity index is 2690. The van der Waals surface area contributed by atoms with Crippen LogP contribution in [-0.4, -0.2) is 109 Å². The molecule has 0 atom stereocenters. The number of rotatable bonds is 18. The van der Waals surface area contributed by atoms with E-state index in [9.17, 15) is 19.2 Å². The first-order valence-electron chi connectivity index (χ1n) is 20.5. The van der Waals surface area contributed by atoms with Gasteiger partial charge in [0.1, 0.15) is 33.1 Å². The third kappa shape index (κ3) is 9.39. The Kier molecular flexibility index (Phi) is 13.4. The Balaban J connectivity index is 1.25. The Morgan fingerprint density at radius 2 is 1.50 bits per heavy atom. The van der Waals surface area contributed by atoms with Gasteiger partial charge in [0, 0.05) is 50.4 Å². The summed E-state index contributed by atoms with van der Waals surface area (Å²) in [6.45, 7) is 14.1. The molecule has 62 heavy (non-hydrogen) atoms. The number of thiazole rings is 1. The van der Waals surface area contributed by atoms with Crippen molar-refractivity contribution >= 4 is 68.8 Å². The Morgan fingerprint density at radius 1 is 0.871 bits per heavy atom. The summed E-state index contributed by atoms with van der Waals surface area (Å²) in [6.07, 6.45) is 5.08. The number of aromatic nitrogens is 7.